The molecule has 4 aliphatic heterocycles. The standard InChI is InChI=1S/C19H25N3O4S2.C19H25N3O3S2/c23-19(21-28(25,26)15-8-22(9-15)14-10-27(24)11-14)20-18-16-5-1-3-12(16)7-13-4-2-6-17(13)18;23-19(21-27(24,25)15-8-22(9-15)14-10-26-11-14)20-18-16-5-1-3-12(16)7-13-4-2-6-17(13)18/h7,14-15H,1-6,8-11H2,(H2,20,21,23);7,14-15H,1-6,8-11H2,(H2,20,21,23). The smallest absolute Gasteiger partial charge is 0.307 e. The molecule has 4 N–H and O–H groups in total. The first-order chi connectivity index (χ1) is 26.4. The maximum Gasteiger partial charge on any atom is 0.332 e. The topological polar surface area (TPSA) is 174 Å². The van der Waals surface area contributed by atoms with E-state index in [1.54, 1.807) is 0 Å². The molecule has 0 bridgehead atoms. The summed E-state index contributed by atoms with van der Waals surface area (Å²) in [5.41, 5.74) is 11.7. The van der Waals surface area contributed by atoms with E-state index in [0.717, 1.165) is 99.9 Å². The molecule has 17 heteroatoms. The lowest BCUT2D eigenvalue weighted by molar-refractivity contribution is 0.138. The van der Waals surface area contributed by atoms with Crippen LogP contribution in [0, 0.1) is 0 Å². The van der Waals surface area contributed by atoms with Crippen molar-refractivity contribution < 1.29 is 30.6 Å². The van der Waals surface area contributed by atoms with Crippen LogP contribution in [0.15, 0.2) is 12.1 Å². The number of aryl methyl sites for hydroxylation is 4. The van der Waals surface area contributed by atoms with E-state index in [9.17, 15) is 30.6 Å². The predicted octanol–water partition coefficient (Wildman–Crippen LogP) is 2.85. The number of likely N-dealkylation sites (tertiary alicyclic amines) is 2. The van der Waals surface area contributed by atoms with Crippen LogP contribution in [0.1, 0.15) is 70.2 Å². The third-order valence-corrected chi connectivity index (χ3v) is 19.0. The number of amides is 4. The van der Waals surface area contributed by atoms with E-state index >= 15 is 0 Å². The third kappa shape index (κ3) is 7.46. The second-order valence-corrected chi connectivity index (χ2v) is 23.0. The summed E-state index contributed by atoms with van der Waals surface area (Å²) in [6.45, 7) is 1.87. The molecular weight excluding hydrogens is 781 g/mol. The van der Waals surface area contributed by atoms with Crippen molar-refractivity contribution in [2.75, 3.05) is 59.8 Å². The first-order valence-electron chi connectivity index (χ1n) is 19.8. The van der Waals surface area contributed by atoms with Gasteiger partial charge in [0.05, 0.1) is 0 Å². The lowest BCUT2D eigenvalue weighted by Crippen LogP contribution is -2.65. The molecule has 0 aromatic heterocycles. The summed E-state index contributed by atoms with van der Waals surface area (Å²) in [6, 6.07) is 4.06. The highest BCUT2D eigenvalue weighted by Gasteiger charge is 2.45. The maximum absolute atomic E-state index is 12.6. The van der Waals surface area contributed by atoms with Gasteiger partial charge in [0.25, 0.3) is 0 Å². The quantitative estimate of drug-likeness (QED) is 0.310. The van der Waals surface area contributed by atoms with Crippen LogP contribution in [0.4, 0.5) is 21.0 Å². The van der Waals surface area contributed by atoms with Gasteiger partial charge in [-0.3, -0.25) is 14.0 Å². The maximum atomic E-state index is 12.6. The molecule has 0 atom stereocenters. The molecule has 0 spiro atoms. The minimum absolute atomic E-state index is 0.232. The highest BCUT2D eigenvalue weighted by molar-refractivity contribution is 8.00. The zero-order valence-electron chi connectivity index (χ0n) is 31.0. The van der Waals surface area contributed by atoms with Gasteiger partial charge in [-0.25, -0.2) is 35.9 Å². The van der Waals surface area contributed by atoms with Crippen molar-refractivity contribution >= 4 is 66.0 Å². The summed E-state index contributed by atoms with van der Waals surface area (Å²) in [5, 5.41) is 4.72. The Morgan fingerprint density at radius 2 is 0.945 bits per heavy atom. The van der Waals surface area contributed by atoms with E-state index in [-0.39, 0.29) is 6.04 Å². The van der Waals surface area contributed by atoms with E-state index in [1.165, 1.54) is 44.5 Å². The number of rotatable bonds is 8. The molecule has 4 fully saturated rings. The van der Waals surface area contributed by atoms with Gasteiger partial charge in [0, 0.05) is 83.4 Å². The largest absolute Gasteiger partial charge is 0.332 e. The van der Waals surface area contributed by atoms with Gasteiger partial charge in [-0.1, -0.05) is 12.1 Å². The van der Waals surface area contributed by atoms with Crippen molar-refractivity contribution in [3.8, 4) is 0 Å². The SMILES string of the molecule is O=C(Nc1c2c(cc3c1CCC3)CCC2)NS(=O)(=O)C1CN(C2CS(=O)C2)C1.O=C(Nc1c2c(cc3c1CCC3)CCC2)NS(=O)(=O)C1CN(C2CSC2)C1. The van der Waals surface area contributed by atoms with Crippen molar-refractivity contribution in [3.05, 3.63) is 56.6 Å². The summed E-state index contributed by atoms with van der Waals surface area (Å²) < 4.78 is 65.9. The molecule has 4 saturated heterocycles. The van der Waals surface area contributed by atoms with Gasteiger partial charge in [0.2, 0.25) is 20.0 Å². The number of benzene rings is 2. The molecule has 0 unspecified atom stereocenters. The van der Waals surface area contributed by atoms with Gasteiger partial charge in [-0.2, -0.15) is 11.8 Å². The fraction of sp³-hybridized carbons (Fsp3) is 0.632. The van der Waals surface area contributed by atoms with Crippen molar-refractivity contribution in [1.82, 2.24) is 19.2 Å². The number of urea groups is 2. The number of hydrogen-bond donors (Lipinski definition) is 4. The summed E-state index contributed by atoms with van der Waals surface area (Å²) in [5.74, 6) is 3.44. The summed E-state index contributed by atoms with van der Waals surface area (Å²) >= 11 is 1.89. The van der Waals surface area contributed by atoms with E-state index < -0.39 is 53.4 Å². The zero-order valence-corrected chi connectivity index (χ0v) is 34.3. The molecule has 13 nitrogen and oxygen atoms in total. The molecule has 4 heterocycles. The van der Waals surface area contributed by atoms with Crippen LogP contribution in [-0.4, -0.2) is 115 Å². The number of nitrogens with zero attached hydrogens (tertiary/aromatic N) is 2. The van der Waals surface area contributed by atoms with Crippen LogP contribution in [0.5, 0.6) is 0 Å². The van der Waals surface area contributed by atoms with Gasteiger partial charge in [0.1, 0.15) is 10.5 Å². The van der Waals surface area contributed by atoms with Crippen molar-refractivity contribution in [3.63, 3.8) is 0 Å². The van der Waals surface area contributed by atoms with Crippen molar-refractivity contribution in [2.24, 2.45) is 0 Å². The Balaban J connectivity index is 0.000000144. The molecule has 0 radical (unpaired) electrons. The Hall–Kier alpha value is -2.70. The number of carbonyl (C=O) groups excluding carboxylic acids is 2. The number of thioether (sulfide) groups is 1. The zero-order chi connectivity index (χ0) is 38.1. The first-order valence-corrected chi connectivity index (χ1v) is 25.5. The Morgan fingerprint density at radius 1 is 0.582 bits per heavy atom. The fourth-order valence-electron chi connectivity index (χ4n) is 9.59. The van der Waals surface area contributed by atoms with Crippen LogP contribution < -0.4 is 20.1 Å². The number of nitrogens with one attached hydrogen (secondary N) is 4. The van der Waals surface area contributed by atoms with Crippen LogP contribution in [0.3, 0.4) is 0 Å². The van der Waals surface area contributed by atoms with Gasteiger partial charge < -0.3 is 10.6 Å². The van der Waals surface area contributed by atoms with Crippen LogP contribution in [0.25, 0.3) is 0 Å². The minimum atomic E-state index is -3.71. The van der Waals surface area contributed by atoms with Crippen molar-refractivity contribution in [1.29, 1.82) is 0 Å². The summed E-state index contributed by atoms with van der Waals surface area (Å²) in [7, 11) is -8.09. The Kier molecular flexibility index (Phi) is 10.3. The minimum Gasteiger partial charge on any atom is -0.307 e. The molecule has 4 amide bonds. The molecule has 2 aromatic carbocycles. The van der Waals surface area contributed by atoms with Gasteiger partial charge >= 0.3 is 12.1 Å². The molecular formula is C38H50N6O7S4. The van der Waals surface area contributed by atoms with E-state index in [4.69, 9.17) is 0 Å². The molecule has 10 rings (SSSR count). The lowest BCUT2D eigenvalue weighted by Gasteiger charge is -2.46. The van der Waals surface area contributed by atoms with Crippen LogP contribution >= 0.6 is 11.8 Å². The fourth-order valence-corrected chi connectivity index (χ4v) is 14.1. The van der Waals surface area contributed by atoms with E-state index in [2.05, 4.69) is 37.1 Å². The normalized spacial score (nSPS) is 24.8. The van der Waals surface area contributed by atoms with E-state index in [0.29, 0.717) is 43.7 Å². The molecule has 298 valence electrons. The van der Waals surface area contributed by atoms with Gasteiger partial charge in [0.15, 0.2) is 0 Å². The van der Waals surface area contributed by atoms with Crippen LogP contribution in [-0.2, 0) is 82.2 Å². The Bertz CT molecular complexity index is 2090. The first kappa shape index (κ1) is 37.9. The number of sulfonamides is 2. The van der Waals surface area contributed by atoms with Crippen molar-refractivity contribution in [2.45, 2.75) is 99.6 Å². The average molecular weight is 831 g/mol. The lowest BCUT2D eigenvalue weighted by atomic mass is 9.99. The predicted molar refractivity (Wildman–Crippen MR) is 217 cm³/mol. The second-order valence-electron chi connectivity index (χ2n) is 16.4. The molecule has 0 saturated carbocycles. The number of carbonyl (C=O) groups is 2. The van der Waals surface area contributed by atoms with Gasteiger partial charge in [-0.05, 0) is 122 Å². The van der Waals surface area contributed by atoms with Crippen LogP contribution in [0.2, 0.25) is 0 Å². The number of fused-ring (bicyclic) bond motifs is 4. The molecule has 2 aromatic rings. The van der Waals surface area contributed by atoms with E-state index in [1.807, 2.05) is 16.7 Å². The number of anilines is 2. The number of hydrogen-bond acceptors (Lipinski definition) is 10. The average Bonchev–Trinajstić information content (AvgIpc) is 3.86. The molecule has 8 aliphatic rings. The second kappa shape index (κ2) is 14.9. The van der Waals surface area contributed by atoms with Gasteiger partial charge in [-0.15, -0.1) is 0 Å². The third-order valence-electron chi connectivity index (χ3n) is 12.9. The molecule has 55 heavy (non-hydrogen) atoms. The summed E-state index contributed by atoms with van der Waals surface area (Å²) in [6.07, 6.45) is 12.3. The monoisotopic (exact) mass is 830 g/mol. The highest BCUT2D eigenvalue weighted by atomic mass is 32.2. The Morgan fingerprint density at radius 3 is 1.27 bits per heavy atom. The highest BCUT2D eigenvalue weighted by Crippen LogP contribution is 2.40. The molecule has 4 aliphatic carbocycles. The summed E-state index contributed by atoms with van der Waals surface area (Å²) in [4.78, 5) is 29.3. The Labute approximate surface area is 330 Å².